The fraction of sp³-hybridized carbons (Fsp3) is 1.00. The van der Waals surface area contributed by atoms with E-state index in [4.69, 9.17) is 19.2 Å². The van der Waals surface area contributed by atoms with Gasteiger partial charge in [0.1, 0.15) is 0 Å². The summed E-state index contributed by atoms with van der Waals surface area (Å²) in [4.78, 5) is 10.1. The van der Waals surface area contributed by atoms with Crippen molar-refractivity contribution in [2.75, 3.05) is 19.8 Å². The molecule has 0 aromatic carbocycles. The van der Waals surface area contributed by atoms with E-state index in [1.54, 1.807) is 0 Å². The topological polar surface area (TPSA) is 36.9 Å². The van der Waals surface area contributed by atoms with Gasteiger partial charge in [0.25, 0.3) is 0 Å². The van der Waals surface area contributed by atoms with Gasteiger partial charge < -0.3 is 9.47 Å². The Morgan fingerprint density at radius 1 is 0.857 bits per heavy atom. The van der Waals surface area contributed by atoms with E-state index in [1.807, 2.05) is 27.7 Å². The first-order chi connectivity index (χ1) is 6.74. The van der Waals surface area contributed by atoms with Crippen LogP contribution in [0.1, 0.15) is 40.5 Å². The molecule has 0 heterocycles. The van der Waals surface area contributed by atoms with Crippen LogP contribution < -0.4 is 0 Å². The molecule has 0 N–H and O–H groups in total. The third-order valence-corrected chi connectivity index (χ3v) is 1.59. The summed E-state index contributed by atoms with van der Waals surface area (Å²) in [7, 11) is 0. The zero-order chi connectivity index (χ0) is 10.9. The molecule has 0 bridgehead atoms. The molecule has 0 atom stereocenters. The lowest BCUT2D eigenvalue weighted by Gasteiger charge is -2.30. The molecule has 0 spiro atoms. The summed E-state index contributed by atoms with van der Waals surface area (Å²) in [5.74, 6) is -1.02. The Hall–Kier alpha value is -0.160. The Morgan fingerprint density at radius 3 is 1.79 bits per heavy atom. The van der Waals surface area contributed by atoms with E-state index < -0.39 is 5.97 Å². The molecule has 14 heavy (non-hydrogen) atoms. The molecule has 0 unspecified atom stereocenters. The first-order valence-corrected chi connectivity index (χ1v) is 5.33. The summed E-state index contributed by atoms with van der Waals surface area (Å²) >= 11 is 0. The fourth-order valence-corrected chi connectivity index (χ4v) is 1.17. The highest BCUT2D eigenvalue weighted by Gasteiger charge is 2.33. The van der Waals surface area contributed by atoms with Crippen molar-refractivity contribution in [3.63, 3.8) is 0 Å². The second-order valence-corrected chi connectivity index (χ2v) is 2.79. The molecule has 0 aromatic rings. The van der Waals surface area contributed by atoms with Gasteiger partial charge in [-0.3, -0.25) is 0 Å². The van der Waals surface area contributed by atoms with Gasteiger partial charge in [0.15, 0.2) is 0 Å². The Balaban J connectivity index is 4.21. The van der Waals surface area contributed by atoms with Crippen LogP contribution in [0.5, 0.6) is 0 Å². The van der Waals surface area contributed by atoms with Crippen LogP contribution in [0.2, 0.25) is 0 Å². The third kappa shape index (κ3) is 4.91. The van der Waals surface area contributed by atoms with Crippen LogP contribution in [0.15, 0.2) is 0 Å². The first kappa shape index (κ1) is 13.8. The van der Waals surface area contributed by atoms with Gasteiger partial charge in [0.05, 0.1) is 6.61 Å². The average molecular weight is 206 g/mol. The van der Waals surface area contributed by atoms with Gasteiger partial charge >= 0.3 is 5.97 Å². The van der Waals surface area contributed by atoms with Crippen molar-refractivity contribution in [1.29, 1.82) is 0 Å². The van der Waals surface area contributed by atoms with Gasteiger partial charge in [-0.15, -0.1) is 0 Å². The molecule has 0 amide bonds. The largest absolute Gasteiger partial charge is 0.326 e. The number of ether oxygens (including phenoxy) is 2. The van der Waals surface area contributed by atoms with Crippen LogP contribution in [0, 0.1) is 0 Å². The van der Waals surface area contributed by atoms with Crippen LogP contribution in [0.25, 0.3) is 0 Å². The molecule has 0 aliphatic heterocycles. The van der Waals surface area contributed by atoms with Crippen LogP contribution >= 0.6 is 0 Å². The van der Waals surface area contributed by atoms with Gasteiger partial charge in [0, 0.05) is 19.6 Å². The van der Waals surface area contributed by atoms with Crippen LogP contribution in [0.3, 0.4) is 0 Å². The maximum atomic E-state index is 5.44. The minimum atomic E-state index is -1.02. The van der Waals surface area contributed by atoms with Crippen LogP contribution in [0.4, 0.5) is 0 Å². The van der Waals surface area contributed by atoms with Gasteiger partial charge in [-0.2, -0.15) is 4.89 Å². The molecule has 0 saturated heterocycles. The van der Waals surface area contributed by atoms with Crippen molar-refractivity contribution in [3.8, 4) is 0 Å². The highest BCUT2D eigenvalue weighted by molar-refractivity contribution is 4.54. The highest BCUT2D eigenvalue weighted by atomic mass is 17.3. The van der Waals surface area contributed by atoms with Crippen molar-refractivity contribution in [1.82, 2.24) is 0 Å². The van der Waals surface area contributed by atoms with E-state index in [0.29, 0.717) is 26.2 Å². The highest BCUT2D eigenvalue weighted by Crippen LogP contribution is 2.22. The Labute approximate surface area is 86.4 Å². The summed E-state index contributed by atoms with van der Waals surface area (Å²) in [5, 5.41) is 0. The Bertz CT molecular complexity index is 110. The maximum Gasteiger partial charge on any atom is 0.312 e. The van der Waals surface area contributed by atoms with Crippen molar-refractivity contribution < 1.29 is 19.2 Å². The summed E-state index contributed by atoms with van der Waals surface area (Å²) in [6.07, 6.45) is 1.57. The van der Waals surface area contributed by atoms with Crippen LogP contribution in [-0.4, -0.2) is 25.8 Å². The predicted octanol–water partition coefficient (Wildman–Crippen LogP) is 2.48. The molecule has 0 aliphatic rings. The van der Waals surface area contributed by atoms with E-state index in [2.05, 4.69) is 0 Å². The molecule has 0 radical (unpaired) electrons. The molecule has 0 fully saturated rings. The minimum Gasteiger partial charge on any atom is -0.326 e. The molecular formula is C10H22O4. The Morgan fingerprint density at radius 2 is 1.43 bits per heavy atom. The van der Waals surface area contributed by atoms with Crippen LogP contribution in [-0.2, 0) is 19.2 Å². The van der Waals surface area contributed by atoms with E-state index >= 15 is 0 Å². The molecule has 0 aliphatic carbocycles. The number of hydrogen-bond donors (Lipinski definition) is 0. The average Bonchev–Trinajstić information content (AvgIpc) is 2.16. The third-order valence-electron chi connectivity index (χ3n) is 1.59. The lowest BCUT2D eigenvalue weighted by Crippen LogP contribution is -2.39. The predicted molar refractivity (Wildman–Crippen MR) is 53.6 cm³/mol. The van der Waals surface area contributed by atoms with E-state index in [9.17, 15) is 0 Å². The fourth-order valence-electron chi connectivity index (χ4n) is 1.17. The smallest absolute Gasteiger partial charge is 0.312 e. The van der Waals surface area contributed by atoms with Gasteiger partial charge in [-0.1, -0.05) is 6.92 Å². The standard InChI is InChI=1S/C10H22O4/c1-5-9-10(11-6-2,12-7-3)14-13-8-4/h5-9H2,1-4H3. The number of hydrogen-bond acceptors (Lipinski definition) is 4. The van der Waals surface area contributed by atoms with E-state index in [0.717, 1.165) is 6.42 Å². The summed E-state index contributed by atoms with van der Waals surface area (Å²) in [6, 6.07) is 0. The molecule has 0 aromatic heterocycles. The zero-order valence-corrected chi connectivity index (χ0v) is 9.67. The summed E-state index contributed by atoms with van der Waals surface area (Å²) in [6.45, 7) is 9.25. The molecule has 0 saturated carbocycles. The van der Waals surface area contributed by atoms with Crippen molar-refractivity contribution in [2.45, 2.75) is 46.5 Å². The monoisotopic (exact) mass is 206 g/mol. The van der Waals surface area contributed by atoms with Crippen molar-refractivity contribution >= 4 is 0 Å². The van der Waals surface area contributed by atoms with Gasteiger partial charge in [-0.25, -0.2) is 4.89 Å². The van der Waals surface area contributed by atoms with Gasteiger partial charge in [0.2, 0.25) is 0 Å². The van der Waals surface area contributed by atoms with Gasteiger partial charge in [-0.05, 0) is 27.2 Å². The number of rotatable bonds is 9. The minimum absolute atomic E-state index is 0.478. The second-order valence-electron chi connectivity index (χ2n) is 2.79. The SMILES string of the molecule is CCCC(OCC)(OCC)OOCC. The normalized spacial score (nSPS) is 12.0. The molecule has 86 valence electrons. The quantitative estimate of drug-likeness (QED) is 0.330. The first-order valence-electron chi connectivity index (χ1n) is 5.33. The lowest BCUT2D eigenvalue weighted by molar-refractivity contribution is -0.506. The summed E-state index contributed by atoms with van der Waals surface area (Å²) in [5.41, 5.74) is 0. The second kappa shape index (κ2) is 8.17. The van der Waals surface area contributed by atoms with Crippen molar-refractivity contribution in [3.05, 3.63) is 0 Å². The molecular weight excluding hydrogens is 184 g/mol. The molecule has 4 nitrogen and oxygen atoms in total. The lowest BCUT2D eigenvalue weighted by atomic mass is 10.3. The molecule has 4 heteroatoms. The Kier molecular flexibility index (Phi) is 8.08. The summed E-state index contributed by atoms with van der Waals surface area (Å²) < 4.78 is 10.9. The van der Waals surface area contributed by atoms with E-state index in [-0.39, 0.29) is 0 Å². The molecule has 0 rings (SSSR count). The zero-order valence-electron chi connectivity index (χ0n) is 9.67. The maximum absolute atomic E-state index is 5.44. The van der Waals surface area contributed by atoms with E-state index in [1.165, 1.54) is 0 Å². The van der Waals surface area contributed by atoms with Crippen molar-refractivity contribution in [2.24, 2.45) is 0 Å².